The lowest BCUT2D eigenvalue weighted by Crippen LogP contribution is -2.44. The SMILES string of the molecule is O=C(N[C@@H]1CCCc2ccccc21)C1CCN(S(=O)(=O)c2cccc(Cl)c2Cl)CC1. The fourth-order valence-electron chi connectivity index (χ4n) is 4.37. The van der Waals surface area contributed by atoms with Crippen molar-refractivity contribution in [2.45, 2.75) is 43.0 Å². The Bertz CT molecular complexity index is 1050. The molecule has 2 aromatic carbocycles. The summed E-state index contributed by atoms with van der Waals surface area (Å²) in [5, 5.41) is 3.45. The minimum absolute atomic E-state index is 0.00883. The summed E-state index contributed by atoms with van der Waals surface area (Å²) in [7, 11) is -3.75. The van der Waals surface area contributed by atoms with Crippen LogP contribution in [0.4, 0.5) is 0 Å². The Morgan fingerprint density at radius 1 is 1.00 bits per heavy atom. The van der Waals surface area contributed by atoms with Crippen molar-refractivity contribution in [3.8, 4) is 0 Å². The molecule has 0 bridgehead atoms. The van der Waals surface area contributed by atoms with Crippen LogP contribution in [0, 0.1) is 5.92 Å². The molecule has 2 aromatic rings. The first kappa shape index (κ1) is 21.6. The molecule has 1 amide bonds. The fraction of sp³-hybridized carbons (Fsp3) is 0.409. The highest BCUT2D eigenvalue weighted by Gasteiger charge is 2.34. The lowest BCUT2D eigenvalue weighted by molar-refractivity contribution is -0.127. The molecule has 0 saturated carbocycles. The second-order valence-corrected chi connectivity index (χ2v) is 10.6. The number of hydrogen-bond acceptors (Lipinski definition) is 3. The molecule has 4 rings (SSSR count). The first-order valence-corrected chi connectivity index (χ1v) is 12.4. The van der Waals surface area contributed by atoms with Gasteiger partial charge in [-0.2, -0.15) is 4.31 Å². The molecular weight excluding hydrogens is 443 g/mol. The lowest BCUT2D eigenvalue weighted by Gasteiger charge is -2.33. The molecule has 160 valence electrons. The molecule has 0 aromatic heterocycles. The van der Waals surface area contributed by atoms with E-state index in [9.17, 15) is 13.2 Å². The zero-order chi connectivity index (χ0) is 21.3. The number of nitrogens with one attached hydrogen (secondary N) is 1. The Balaban J connectivity index is 1.40. The van der Waals surface area contributed by atoms with Crippen LogP contribution in [0.3, 0.4) is 0 Å². The maximum atomic E-state index is 13.0. The van der Waals surface area contributed by atoms with E-state index in [2.05, 4.69) is 17.4 Å². The van der Waals surface area contributed by atoms with E-state index in [-0.39, 0.29) is 45.9 Å². The van der Waals surface area contributed by atoms with Gasteiger partial charge in [0.2, 0.25) is 15.9 Å². The monoisotopic (exact) mass is 466 g/mol. The van der Waals surface area contributed by atoms with Gasteiger partial charge in [-0.15, -0.1) is 0 Å². The third kappa shape index (κ3) is 4.24. The molecule has 1 aliphatic carbocycles. The van der Waals surface area contributed by atoms with E-state index in [1.54, 1.807) is 12.1 Å². The van der Waals surface area contributed by atoms with Crippen molar-refractivity contribution >= 4 is 39.1 Å². The van der Waals surface area contributed by atoms with Crippen LogP contribution in [-0.2, 0) is 21.2 Å². The summed E-state index contributed by atoms with van der Waals surface area (Å²) in [5.74, 6) is -0.185. The minimum Gasteiger partial charge on any atom is -0.349 e. The third-order valence-corrected chi connectivity index (χ3v) is 8.92. The highest BCUT2D eigenvalue weighted by atomic mass is 35.5. The molecule has 1 aliphatic heterocycles. The van der Waals surface area contributed by atoms with Gasteiger partial charge in [0.1, 0.15) is 4.90 Å². The highest BCUT2D eigenvalue weighted by Crippen LogP contribution is 2.33. The van der Waals surface area contributed by atoms with Crippen molar-refractivity contribution in [3.63, 3.8) is 0 Å². The van der Waals surface area contributed by atoms with Crippen LogP contribution in [0.2, 0.25) is 10.0 Å². The van der Waals surface area contributed by atoms with Crippen LogP contribution >= 0.6 is 23.2 Å². The summed E-state index contributed by atoms with van der Waals surface area (Å²) < 4.78 is 27.3. The molecule has 8 heteroatoms. The van der Waals surface area contributed by atoms with Crippen molar-refractivity contribution in [1.29, 1.82) is 0 Å². The maximum absolute atomic E-state index is 13.0. The third-order valence-electron chi connectivity index (χ3n) is 6.04. The minimum atomic E-state index is -3.75. The number of carbonyl (C=O) groups is 1. The number of amides is 1. The molecule has 1 fully saturated rings. The summed E-state index contributed by atoms with van der Waals surface area (Å²) in [4.78, 5) is 12.9. The van der Waals surface area contributed by atoms with Gasteiger partial charge in [-0.25, -0.2) is 8.42 Å². The van der Waals surface area contributed by atoms with E-state index in [4.69, 9.17) is 23.2 Å². The van der Waals surface area contributed by atoms with Gasteiger partial charge in [-0.05, 0) is 55.4 Å². The number of benzene rings is 2. The van der Waals surface area contributed by atoms with Gasteiger partial charge in [-0.1, -0.05) is 53.5 Å². The highest BCUT2D eigenvalue weighted by molar-refractivity contribution is 7.89. The van der Waals surface area contributed by atoms with Gasteiger partial charge in [0, 0.05) is 19.0 Å². The van der Waals surface area contributed by atoms with E-state index in [0.29, 0.717) is 12.8 Å². The smallest absolute Gasteiger partial charge is 0.244 e. The lowest BCUT2D eigenvalue weighted by atomic mass is 9.87. The van der Waals surface area contributed by atoms with Crippen LogP contribution in [0.25, 0.3) is 0 Å². The molecule has 1 N–H and O–H groups in total. The van der Waals surface area contributed by atoms with Crippen LogP contribution in [-0.4, -0.2) is 31.7 Å². The number of halogens is 2. The molecule has 0 radical (unpaired) electrons. The van der Waals surface area contributed by atoms with E-state index in [0.717, 1.165) is 19.3 Å². The summed E-state index contributed by atoms with van der Waals surface area (Å²) in [5.41, 5.74) is 2.50. The molecule has 30 heavy (non-hydrogen) atoms. The summed E-state index contributed by atoms with van der Waals surface area (Å²) >= 11 is 12.1. The normalized spacial score (nSPS) is 20.5. The fourth-order valence-corrected chi connectivity index (χ4v) is 6.58. The second kappa shape index (κ2) is 8.87. The van der Waals surface area contributed by atoms with Gasteiger partial charge in [0.25, 0.3) is 0 Å². The summed E-state index contributed by atoms with van der Waals surface area (Å²) in [6, 6.07) is 12.9. The van der Waals surface area contributed by atoms with Gasteiger partial charge >= 0.3 is 0 Å². The Hall–Kier alpha value is -1.60. The van der Waals surface area contributed by atoms with Crippen molar-refractivity contribution in [1.82, 2.24) is 9.62 Å². The van der Waals surface area contributed by atoms with E-state index < -0.39 is 10.0 Å². The number of piperidine rings is 1. The summed E-state index contributed by atoms with van der Waals surface area (Å²) in [6.45, 7) is 0.565. The average Bonchev–Trinajstić information content (AvgIpc) is 2.76. The molecular formula is C22H24Cl2N2O3S. The topological polar surface area (TPSA) is 66.5 Å². The van der Waals surface area contributed by atoms with E-state index >= 15 is 0 Å². The molecule has 5 nitrogen and oxygen atoms in total. The van der Waals surface area contributed by atoms with Gasteiger partial charge in [-0.3, -0.25) is 4.79 Å². The number of hydrogen-bond donors (Lipinski definition) is 1. The van der Waals surface area contributed by atoms with Crippen molar-refractivity contribution in [2.24, 2.45) is 5.92 Å². The van der Waals surface area contributed by atoms with E-state index in [1.165, 1.54) is 21.5 Å². The molecule has 1 saturated heterocycles. The predicted molar refractivity (Wildman–Crippen MR) is 118 cm³/mol. The van der Waals surface area contributed by atoms with Crippen molar-refractivity contribution in [2.75, 3.05) is 13.1 Å². The van der Waals surface area contributed by atoms with Crippen LogP contribution in [0.1, 0.15) is 42.9 Å². The van der Waals surface area contributed by atoms with Gasteiger partial charge in [0.05, 0.1) is 16.1 Å². The predicted octanol–water partition coefficient (Wildman–Crippen LogP) is 4.59. The number of nitrogens with zero attached hydrogens (tertiary/aromatic N) is 1. The number of rotatable bonds is 4. The van der Waals surface area contributed by atoms with Gasteiger partial charge in [0.15, 0.2) is 0 Å². The number of sulfonamides is 1. The Morgan fingerprint density at radius 3 is 2.50 bits per heavy atom. The second-order valence-electron chi connectivity index (χ2n) is 7.88. The largest absolute Gasteiger partial charge is 0.349 e. The molecule has 0 unspecified atom stereocenters. The Kier molecular flexibility index (Phi) is 6.39. The first-order valence-electron chi connectivity index (χ1n) is 10.2. The summed E-state index contributed by atoms with van der Waals surface area (Å²) in [6.07, 6.45) is 4.00. The standard InChI is InChI=1S/C22H24Cl2N2O3S/c23-18-8-4-10-20(21(18)24)30(28,29)26-13-11-16(12-14-26)22(27)25-19-9-3-6-15-5-1-2-7-17(15)19/h1-2,4-5,7-8,10,16,19H,3,6,9,11-14H2,(H,25,27)/t19-/m1/s1. The molecule has 2 aliphatic rings. The van der Waals surface area contributed by atoms with Crippen molar-refractivity contribution in [3.05, 3.63) is 63.6 Å². The maximum Gasteiger partial charge on any atom is 0.244 e. The molecule has 0 spiro atoms. The number of carbonyl (C=O) groups excluding carboxylic acids is 1. The molecule has 1 heterocycles. The van der Waals surface area contributed by atoms with E-state index in [1.807, 2.05) is 12.1 Å². The zero-order valence-electron chi connectivity index (χ0n) is 16.5. The van der Waals surface area contributed by atoms with Crippen molar-refractivity contribution < 1.29 is 13.2 Å². The van der Waals surface area contributed by atoms with Crippen LogP contribution in [0.15, 0.2) is 47.4 Å². The van der Waals surface area contributed by atoms with Crippen LogP contribution < -0.4 is 5.32 Å². The van der Waals surface area contributed by atoms with Crippen LogP contribution in [0.5, 0.6) is 0 Å². The molecule has 1 atom stereocenters. The number of aryl methyl sites for hydroxylation is 1. The zero-order valence-corrected chi connectivity index (χ0v) is 18.8. The average molecular weight is 467 g/mol. The number of fused-ring (bicyclic) bond motifs is 1. The van der Waals surface area contributed by atoms with Gasteiger partial charge < -0.3 is 5.32 Å². The Labute approximate surface area is 187 Å². The quantitative estimate of drug-likeness (QED) is 0.716. The first-order chi connectivity index (χ1) is 14.4. The Morgan fingerprint density at radius 2 is 1.73 bits per heavy atom.